The minimum Gasteiger partial charge on any atom is -0.446 e. The smallest absolute Gasteiger partial charge is 0.391 e. The number of nitrogens with zero attached hydrogens (tertiary/aromatic N) is 1. The lowest BCUT2D eigenvalue weighted by Crippen LogP contribution is -1.98. The zero-order valence-electron chi connectivity index (χ0n) is 11.5. The molecule has 3 N–H and O–H groups in total. The first-order valence-corrected chi connectivity index (χ1v) is 7.76. The standard InChI is InChI=1S/C12H17N2O5P/c1-7(2)6-9-11(14-12(13-3)19-9)8-4-5-10(18-8)20(15,16)17/h4-5,7H,6H2,1-3H3,(H,13,14)(H2,15,16,17). The van der Waals surface area contributed by atoms with Gasteiger partial charge >= 0.3 is 7.60 Å². The molecule has 20 heavy (non-hydrogen) atoms. The molecule has 2 rings (SSSR count). The molecule has 0 aliphatic rings. The molecule has 0 atom stereocenters. The summed E-state index contributed by atoms with van der Waals surface area (Å²) < 4.78 is 21.9. The number of hydrogen-bond donors (Lipinski definition) is 3. The molecule has 0 aliphatic heterocycles. The molecule has 8 heteroatoms. The second kappa shape index (κ2) is 5.44. The summed E-state index contributed by atoms with van der Waals surface area (Å²) in [6.07, 6.45) is 0.649. The molecule has 0 saturated carbocycles. The molecule has 0 saturated heterocycles. The van der Waals surface area contributed by atoms with Crippen molar-refractivity contribution in [3.05, 3.63) is 17.9 Å². The first kappa shape index (κ1) is 14.8. The number of hydrogen-bond acceptors (Lipinski definition) is 5. The van der Waals surface area contributed by atoms with Gasteiger partial charge in [-0.3, -0.25) is 4.57 Å². The molecule has 110 valence electrons. The van der Waals surface area contributed by atoms with Crippen LogP contribution in [0.25, 0.3) is 11.5 Å². The van der Waals surface area contributed by atoms with Gasteiger partial charge in [-0.05, 0) is 18.1 Å². The fourth-order valence-corrected chi connectivity index (χ4v) is 2.26. The molecule has 0 aromatic carbocycles. The number of rotatable bonds is 5. The van der Waals surface area contributed by atoms with E-state index in [-0.39, 0.29) is 11.3 Å². The lowest BCUT2D eigenvalue weighted by molar-refractivity contribution is 0.377. The average Bonchev–Trinajstić information content (AvgIpc) is 2.92. The van der Waals surface area contributed by atoms with Crippen LogP contribution in [-0.2, 0) is 11.0 Å². The highest BCUT2D eigenvalue weighted by molar-refractivity contribution is 7.59. The van der Waals surface area contributed by atoms with E-state index >= 15 is 0 Å². The van der Waals surface area contributed by atoms with Crippen LogP contribution in [0.1, 0.15) is 19.6 Å². The Balaban J connectivity index is 2.43. The van der Waals surface area contributed by atoms with Crippen LogP contribution in [0, 0.1) is 5.92 Å². The van der Waals surface area contributed by atoms with Crippen LogP contribution in [0.15, 0.2) is 21.0 Å². The average molecular weight is 300 g/mol. The maximum absolute atomic E-state index is 11.1. The van der Waals surface area contributed by atoms with Gasteiger partial charge in [-0.15, -0.1) is 0 Å². The lowest BCUT2D eigenvalue weighted by atomic mass is 10.1. The molecule has 0 aliphatic carbocycles. The quantitative estimate of drug-likeness (QED) is 0.724. The Morgan fingerprint density at radius 3 is 2.55 bits per heavy atom. The van der Waals surface area contributed by atoms with Crippen molar-refractivity contribution >= 4 is 19.1 Å². The molecular formula is C12H17N2O5P. The summed E-state index contributed by atoms with van der Waals surface area (Å²) in [5.41, 5.74) is 0.0831. The Morgan fingerprint density at radius 2 is 2.05 bits per heavy atom. The number of anilines is 1. The Morgan fingerprint density at radius 1 is 1.35 bits per heavy atom. The number of furan rings is 1. The van der Waals surface area contributed by atoms with E-state index < -0.39 is 7.60 Å². The fourth-order valence-electron chi connectivity index (χ4n) is 1.77. The van der Waals surface area contributed by atoms with Gasteiger partial charge in [0.15, 0.2) is 5.76 Å². The maximum Gasteiger partial charge on any atom is 0.391 e. The van der Waals surface area contributed by atoms with E-state index in [1.54, 1.807) is 7.05 Å². The molecule has 2 aromatic rings. The van der Waals surface area contributed by atoms with Crippen molar-refractivity contribution in [1.29, 1.82) is 0 Å². The van der Waals surface area contributed by atoms with Crippen molar-refractivity contribution in [2.24, 2.45) is 5.92 Å². The van der Waals surface area contributed by atoms with E-state index in [9.17, 15) is 4.57 Å². The molecule has 0 spiro atoms. The molecule has 0 radical (unpaired) electrons. The topological polar surface area (TPSA) is 109 Å². The molecular weight excluding hydrogens is 283 g/mol. The first-order valence-electron chi connectivity index (χ1n) is 6.15. The normalized spacial score (nSPS) is 12.1. The summed E-state index contributed by atoms with van der Waals surface area (Å²) in [5.74, 6) is 1.25. The molecule has 0 fully saturated rings. The van der Waals surface area contributed by atoms with Crippen LogP contribution >= 0.6 is 7.60 Å². The van der Waals surface area contributed by atoms with Crippen molar-refractivity contribution in [1.82, 2.24) is 4.98 Å². The summed E-state index contributed by atoms with van der Waals surface area (Å²) in [6.45, 7) is 4.07. The third-order valence-corrected chi connectivity index (χ3v) is 3.43. The molecule has 0 amide bonds. The molecule has 0 unspecified atom stereocenters. The summed E-state index contributed by atoms with van der Waals surface area (Å²) in [5, 5.41) is 2.79. The van der Waals surface area contributed by atoms with Gasteiger partial charge in [-0.1, -0.05) is 13.8 Å². The predicted molar refractivity (Wildman–Crippen MR) is 74.0 cm³/mol. The second-order valence-electron chi connectivity index (χ2n) is 4.82. The summed E-state index contributed by atoms with van der Waals surface area (Å²) in [7, 11) is -2.72. The van der Waals surface area contributed by atoms with E-state index in [2.05, 4.69) is 10.3 Å². The summed E-state index contributed by atoms with van der Waals surface area (Å²) in [4.78, 5) is 22.4. The highest BCUT2D eigenvalue weighted by Crippen LogP contribution is 2.36. The van der Waals surface area contributed by atoms with Crippen LogP contribution in [0.2, 0.25) is 0 Å². The number of nitrogens with one attached hydrogen (secondary N) is 1. The first-order chi connectivity index (χ1) is 9.31. The summed E-state index contributed by atoms with van der Waals surface area (Å²) >= 11 is 0. The van der Waals surface area contributed by atoms with Crippen molar-refractivity contribution in [2.45, 2.75) is 20.3 Å². The second-order valence-corrected chi connectivity index (χ2v) is 6.35. The minimum absolute atomic E-state index is 0.282. The Labute approximate surface area is 116 Å². The SMILES string of the molecule is CNc1nc(-c2ccc(P(=O)(O)O)o2)c(CC(C)C)o1. The van der Waals surface area contributed by atoms with E-state index in [1.165, 1.54) is 12.1 Å². The van der Waals surface area contributed by atoms with Gasteiger partial charge in [0, 0.05) is 13.5 Å². The minimum atomic E-state index is -4.40. The van der Waals surface area contributed by atoms with Crippen molar-refractivity contribution in [3.8, 4) is 11.5 Å². The van der Waals surface area contributed by atoms with Crippen LogP contribution in [0.3, 0.4) is 0 Å². The molecule has 0 bridgehead atoms. The lowest BCUT2D eigenvalue weighted by Gasteiger charge is -2.02. The van der Waals surface area contributed by atoms with Crippen molar-refractivity contribution in [2.75, 3.05) is 12.4 Å². The number of oxazole rings is 1. The molecule has 7 nitrogen and oxygen atoms in total. The molecule has 2 aromatic heterocycles. The van der Waals surface area contributed by atoms with E-state index in [4.69, 9.17) is 18.6 Å². The highest BCUT2D eigenvalue weighted by atomic mass is 31.2. The van der Waals surface area contributed by atoms with Gasteiger partial charge in [0.2, 0.25) is 5.50 Å². The maximum atomic E-state index is 11.1. The monoisotopic (exact) mass is 300 g/mol. The van der Waals surface area contributed by atoms with Crippen LogP contribution in [0.4, 0.5) is 6.01 Å². The highest BCUT2D eigenvalue weighted by Gasteiger charge is 2.25. The fraction of sp³-hybridized carbons (Fsp3) is 0.417. The zero-order chi connectivity index (χ0) is 14.9. The van der Waals surface area contributed by atoms with Crippen LogP contribution in [0.5, 0.6) is 0 Å². The van der Waals surface area contributed by atoms with Gasteiger partial charge in [0.1, 0.15) is 11.5 Å². The largest absolute Gasteiger partial charge is 0.446 e. The Bertz CT molecular complexity index is 640. The van der Waals surface area contributed by atoms with Crippen molar-refractivity contribution in [3.63, 3.8) is 0 Å². The van der Waals surface area contributed by atoms with E-state index in [0.29, 0.717) is 29.8 Å². The van der Waals surface area contributed by atoms with Gasteiger partial charge < -0.3 is 23.9 Å². The van der Waals surface area contributed by atoms with Crippen LogP contribution < -0.4 is 10.8 Å². The predicted octanol–water partition coefficient (Wildman–Crippen LogP) is 1.98. The van der Waals surface area contributed by atoms with Gasteiger partial charge in [-0.25, -0.2) is 0 Å². The third-order valence-electron chi connectivity index (χ3n) is 2.62. The Kier molecular flexibility index (Phi) is 4.04. The van der Waals surface area contributed by atoms with Crippen LogP contribution in [-0.4, -0.2) is 21.8 Å². The number of aromatic nitrogens is 1. The van der Waals surface area contributed by atoms with Gasteiger partial charge in [0.25, 0.3) is 6.01 Å². The van der Waals surface area contributed by atoms with Crippen molar-refractivity contribution < 1.29 is 23.2 Å². The van der Waals surface area contributed by atoms with Gasteiger partial charge in [0.05, 0.1) is 0 Å². The van der Waals surface area contributed by atoms with Gasteiger partial charge in [-0.2, -0.15) is 4.98 Å². The Hall–Kier alpha value is -1.56. The zero-order valence-corrected chi connectivity index (χ0v) is 12.3. The summed E-state index contributed by atoms with van der Waals surface area (Å²) in [6, 6.07) is 3.07. The van der Waals surface area contributed by atoms with E-state index in [1.807, 2.05) is 13.8 Å². The third kappa shape index (κ3) is 3.12. The molecule has 2 heterocycles. The van der Waals surface area contributed by atoms with E-state index in [0.717, 1.165) is 0 Å².